The van der Waals surface area contributed by atoms with E-state index in [9.17, 15) is 4.79 Å². The van der Waals surface area contributed by atoms with E-state index in [4.69, 9.17) is 21.1 Å². The molecule has 0 radical (unpaired) electrons. The first-order chi connectivity index (χ1) is 11.6. The Morgan fingerprint density at radius 2 is 2.25 bits per heavy atom. The van der Waals surface area contributed by atoms with Crippen LogP contribution in [0.3, 0.4) is 0 Å². The maximum Gasteiger partial charge on any atom is 0.309 e. The van der Waals surface area contributed by atoms with Gasteiger partial charge >= 0.3 is 5.97 Å². The van der Waals surface area contributed by atoms with Crippen molar-refractivity contribution in [2.75, 3.05) is 11.9 Å². The quantitative estimate of drug-likeness (QED) is 0.724. The Labute approximate surface area is 146 Å². The summed E-state index contributed by atoms with van der Waals surface area (Å²) in [4.78, 5) is 16.3. The Bertz CT molecular complexity index is 932. The first-order valence-electron chi connectivity index (χ1n) is 7.44. The number of carboxylic acid groups (broad SMARTS) is 1. The average Bonchev–Trinajstić information content (AvgIpc) is 3.24. The molecule has 122 valence electrons. The molecule has 0 fully saturated rings. The van der Waals surface area contributed by atoms with Gasteiger partial charge in [-0.15, -0.1) is 11.3 Å². The molecule has 0 unspecified atom stereocenters. The van der Waals surface area contributed by atoms with Crippen LogP contribution >= 0.6 is 22.9 Å². The molecule has 1 aliphatic rings. The van der Waals surface area contributed by atoms with Gasteiger partial charge in [0, 0.05) is 17.8 Å². The van der Waals surface area contributed by atoms with Crippen LogP contribution in [0.15, 0.2) is 34.7 Å². The minimum Gasteiger partial charge on any atom is -0.481 e. The van der Waals surface area contributed by atoms with E-state index < -0.39 is 5.97 Å². The van der Waals surface area contributed by atoms with Crippen molar-refractivity contribution in [3.8, 4) is 22.1 Å². The van der Waals surface area contributed by atoms with Crippen molar-refractivity contribution < 1.29 is 14.3 Å². The number of nitrogens with zero attached hydrogens (tertiary/aromatic N) is 1. The highest BCUT2D eigenvalue weighted by Gasteiger charge is 2.21. The van der Waals surface area contributed by atoms with E-state index in [1.54, 1.807) is 6.07 Å². The summed E-state index contributed by atoms with van der Waals surface area (Å²) in [5.41, 5.74) is 3.60. The second kappa shape index (κ2) is 5.96. The summed E-state index contributed by atoms with van der Waals surface area (Å²) in [6.07, 6.45) is 0.764. The van der Waals surface area contributed by atoms with Gasteiger partial charge in [-0.1, -0.05) is 11.6 Å². The van der Waals surface area contributed by atoms with Crippen LogP contribution in [0.5, 0.6) is 0 Å². The van der Waals surface area contributed by atoms with Crippen molar-refractivity contribution in [1.82, 2.24) is 4.98 Å². The summed E-state index contributed by atoms with van der Waals surface area (Å²) >= 11 is 7.33. The maximum atomic E-state index is 11.1. The number of aliphatic carboxylic acids is 1. The van der Waals surface area contributed by atoms with Crippen molar-refractivity contribution >= 4 is 34.6 Å². The fourth-order valence-corrected chi connectivity index (χ4v) is 3.85. The van der Waals surface area contributed by atoms with Gasteiger partial charge in [-0.3, -0.25) is 4.79 Å². The number of hydrogen-bond donors (Lipinski definition) is 2. The van der Waals surface area contributed by atoms with Gasteiger partial charge in [0.1, 0.15) is 0 Å². The van der Waals surface area contributed by atoms with Crippen LogP contribution in [0, 0.1) is 0 Å². The summed E-state index contributed by atoms with van der Waals surface area (Å²) < 4.78 is 6.54. The van der Waals surface area contributed by atoms with Crippen LogP contribution in [0.4, 0.5) is 5.69 Å². The number of carboxylic acids is 1. The number of halogens is 1. The van der Waals surface area contributed by atoms with Crippen LogP contribution in [0.2, 0.25) is 4.34 Å². The lowest BCUT2D eigenvalue weighted by Crippen LogP contribution is -2.01. The molecule has 2 N–H and O–H groups in total. The molecule has 0 bridgehead atoms. The van der Waals surface area contributed by atoms with Crippen LogP contribution in [0.25, 0.3) is 22.1 Å². The lowest BCUT2D eigenvalue weighted by molar-refractivity contribution is -0.136. The number of nitrogens with one attached hydrogen (secondary N) is 1. The van der Waals surface area contributed by atoms with Crippen molar-refractivity contribution in [2.45, 2.75) is 12.8 Å². The highest BCUT2D eigenvalue weighted by molar-refractivity contribution is 7.19. The fourth-order valence-electron chi connectivity index (χ4n) is 2.80. The SMILES string of the molecule is O=C(O)Cc1nc(-c2ccc3c(c2)CCN3)oc1-c1ccc(Cl)s1. The topological polar surface area (TPSA) is 75.4 Å². The molecule has 2 aromatic heterocycles. The highest BCUT2D eigenvalue weighted by atomic mass is 35.5. The second-order valence-electron chi connectivity index (χ2n) is 5.52. The Morgan fingerprint density at radius 3 is 3.00 bits per heavy atom. The monoisotopic (exact) mass is 360 g/mol. The smallest absolute Gasteiger partial charge is 0.309 e. The minimum atomic E-state index is -0.947. The predicted molar refractivity (Wildman–Crippen MR) is 93.8 cm³/mol. The first kappa shape index (κ1) is 15.2. The predicted octanol–water partition coefficient (Wildman–Crippen LogP) is 4.32. The van der Waals surface area contributed by atoms with Gasteiger partial charge in [0.05, 0.1) is 21.3 Å². The third-order valence-electron chi connectivity index (χ3n) is 3.87. The second-order valence-corrected chi connectivity index (χ2v) is 7.23. The first-order valence-corrected chi connectivity index (χ1v) is 8.64. The normalized spacial score (nSPS) is 12.9. The Kier molecular flexibility index (Phi) is 3.78. The number of thiophene rings is 1. The number of fused-ring (bicyclic) bond motifs is 1. The summed E-state index contributed by atoms with van der Waals surface area (Å²) in [5.74, 6) is -0.0414. The van der Waals surface area contributed by atoms with Gasteiger partial charge < -0.3 is 14.8 Å². The summed E-state index contributed by atoms with van der Waals surface area (Å²) in [6, 6.07) is 9.54. The van der Waals surface area contributed by atoms with Crippen molar-refractivity contribution in [3.05, 3.63) is 45.9 Å². The number of carbonyl (C=O) groups is 1. The average molecular weight is 361 g/mol. The van der Waals surface area contributed by atoms with E-state index in [2.05, 4.69) is 10.3 Å². The van der Waals surface area contributed by atoms with Crippen molar-refractivity contribution in [2.24, 2.45) is 0 Å². The molecule has 0 amide bonds. The van der Waals surface area contributed by atoms with Crippen LogP contribution in [0.1, 0.15) is 11.3 Å². The molecule has 4 rings (SSSR count). The lowest BCUT2D eigenvalue weighted by Gasteiger charge is -2.01. The van der Waals surface area contributed by atoms with E-state index in [0.29, 0.717) is 21.7 Å². The largest absolute Gasteiger partial charge is 0.481 e. The van der Waals surface area contributed by atoms with E-state index in [1.807, 2.05) is 24.3 Å². The standard InChI is InChI=1S/C17H13ClN2O3S/c18-14-4-3-13(24-14)16-12(8-15(21)22)20-17(23-16)10-1-2-11-9(7-10)5-6-19-11/h1-4,7,19H,5-6,8H2,(H,21,22). The Morgan fingerprint density at radius 1 is 1.38 bits per heavy atom. The number of anilines is 1. The van der Waals surface area contributed by atoms with Gasteiger partial charge in [0.15, 0.2) is 5.76 Å². The summed E-state index contributed by atoms with van der Waals surface area (Å²) in [6.45, 7) is 0.924. The maximum absolute atomic E-state index is 11.1. The van der Waals surface area contributed by atoms with Crippen LogP contribution in [-0.4, -0.2) is 22.6 Å². The van der Waals surface area contributed by atoms with E-state index in [0.717, 1.165) is 29.1 Å². The van der Waals surface area contributed by atoms with Gasteiger partial charge in [-0.25, -0.2) is 4.98 Å². The van der Waals surface area contributed by atoms with E-state index >= 15 is 0 Å². The molecule has 5 nitrogen and oxygen atoms in total. The third-order valence-corrected chi connectivity index (χ3v) is 5.10. The lowest BCUT2D eigenvalue weighted by atomic mass is 10.1. The minimum absolute atomic E-state index is 0.194. The van der Waals surface area contributed by atoms with Gasteiger partial charge in [0.25, 0.3) is 0 Å². The Hall–Kier alpha value is -2.31. The molecular weight excluding hydrogens is 348 g/mol. The van der Waals surface area contributed by atoms with Gasteiger partial charge in [0.2, 0.25) is 5.89 Å². The molecule has 0 atom stereocenters. The van der Waals surface area contributed by atoms with Crippen LogP contribution < -0.4 is 5.32 Å². The molecule has 24 heavy (non-hydrogen) atoms. The molecule has 3 aromatic rings. The highest BCUT2D eigenvalue weighted by Crippen LogP contribution is 2.37. The number of oxazole rings is 1. The van der Waals surface area contributed by atoms with E-state index in [-0.39, 0.29) is 6.42 Å². The molecule has 1 aliphatic heterocycles. The summed E-state index contributed by atoms with van der Waals surface area (Å²) in [5, 5.41) is 12.4. The van der Waals surface area contributed by atoms with Crippen LogP contribution in [-0.2, 0) is 17.6 Å². The van der Waals surface area contributed by atoms with Crippen molar-refractivity contribution in [3.63, 3.8) is 0 Å². The third kappa shape index (κ3) is 2.79. The molecule has 0 saturated heterocycles. The zero-order valence-electron chi connectivity index (χ0n) is 12.5. The molecular formula is C17H13ClN2O3S. The zero-order valence-corrected chi connectivity index (χ0v) is 14.1. The zero-order chi connectivity index (χ0) is 16.7. The molecule has 0 aliphatic carbocycles. The van der Waals surface area contributed by atoms with E-state index in [1.165, 1.54) is 16.9 Å². The number of rotatable bonds is 4. The molecule has 3 heterocycles. The number of hydrogen-bond acceptors (Lipinski definition) is 5. The van der Waals surface area contributed by atoms with Crippen molar-refractivity contribution in [1.29, 1.82) is 0 Å². The number of aromatic nitrogens is 1. The summed E-state index contributed by atoms with van der Waals surface area (Å²) in [7, 11) is 0. The molecule has 0 saturated carbocycles. The molecule has 1 aromatic carbocycles. The molecule has 0 spiro atoms. The van der Waals surface area contributed by atoms with Gasteiger partial charge in [-0.2, -0.15) is 0 Å². The number of benzene rings is 1. The van der Waals surface area contributed by atoms with Gasteiger partial charge in [-0.05, 0) is 42.3 Å². The Balaban J connectivity index is 1.79. The molecule has 7 heteroatoms. The fraction of sp³-hybridized carbons (Fsp3) is 0.176.